The van der Waals surface area contributed by atoms with Crippen molar-refractivity contribution in [2.24, 2.45) is 34.0 Å². The summed E-state index contributed by atoms with van der Waals surface area (Å²) in [6.45, 7) is 6.23. The minimum atomic E-state index is -2.05. The first kappa shape index (κ1) is 62.1. The molecule has 4 saturated carbocycles. The lowest BCUT2D eigenvalue weighted by Gasteiger charge is -2.59. The van der Waals surface area contributed by atoms with Crippen LogP contribution in [0.15, 0.2) is 42.5 Å². The lowest BCUT2D eigenvalue weighted by molar-refractivity contribution is -0.396. The number of aliphatic carboxylic acids is 1. The fraction of sp³-hybridized carbons (Fsp3) is 0.800. The predicted octanol–water partition coefficient (Wildman–Crippen LogP) is -3.66. The minimum absolute atomic E-state index is 0.135. The summed E-state index contributed by atoms with van der Waals surface area (Å²) in [5.74, 6) is -4.26. The normalized spacial score (nSPS) is 47.5. The molecule has 4 saturated heterocycles. The van der Waals surface area contributed by atoms with Gasteiger partial charge in [-0.3, -0.25) is 9.59 Å². The van der Waals surface area contributed by atoms with E-state index in [0.717, 1.165) is 12.0 Å². The number of hydrogen-bond donors (Lipinski definition) is 15. The van der Waals surface area contributed by atoms with E-state index in [2.05, 4.69) is 18.8 Å². The van der Waals surface area contributed by atoms with Crippen LogP contribution in [0.4, 0.5) is 0 Å². The molecule has 28 atom stereocenters. The van der Waals surface area contributed by atoms with Gasteiger partial charge in [0.2, 0.25) is 6.29 Å². The van der Waals surface area contributed by atoms with Gasteiger partial charge in [0, 0.05) is 18.9 Å². The maximum atomic E-state index is 14.9. The highest BCUT2D eigenvalue weighted by Crippen LogP contribution is 2.71. The van der Waals surface area contributed by atoms with Gasteiger partial charge in [-0.05, 0) is 86.5 Å². The molecule has 1 aromatic rings. The smallest absolute Gasteiger partial charge is 0.326 e. The Morgan fingerprint density at radius 1 is 0.667 bits per heavy atom. The Labute approximate surface area is 467 Å². The molecule has 81 heavy (non-hydrogen) atoms. The van der Waals surface area contributed by atoms with E-state index in [9.17, 15) is 85.9 Å². The predicted molar refractivity (Wildman–Crippen MR) is 271 cm³/mol. The van der Waals surface area contributed by atoms with Gasteiger partial charge < -0.3 is 115 Å². The molecule has 1 aromatic carbocycles. The van der Waals surface area contributed by atoms with Gasteiger partial charge in [0.1, 0.15) is 91.5 Å². The number of esters is 1. The van der Waals surface area contributed by atoms with E-state index in [1.807, 2.05) is 0 Å². The fourth-order valence-electron chi connectivity index (χ4n) is 15.1. The van der Waals surface area contributed by atoms with Crippen molar-refractivity contribution in [1.29, 1.82) is 0 Å². The molecule has 4 aliphatic carbocycles. The quantitative estimate of drug-likeness (QED) is 0.0528. The van der Waals surface area contributed by atoms with Gasteiger partial charge in [0.15, 0.2) is 25.0 Å². The Morgan fingerprint density at radius 2 is 1.26 bits per heavy atom. The number of amides is 1. The van der Waals surface area contributed by atoms with Crippen molar-refractivity contribution in [3.63, 3.8) is 0 Å². The zero-order valence-corrected chi connectivity index (χ0v) is 45.2. The Hall–Kier alpha value is -3.43. The molecule has 0 aromatic heterocycles. The molecule has 26 nitrogen and oxygen atoms in total. The van der Waals surface area contributed by atoms with E-state index >= 15 is 0 Å². The second kappa shape index (κ2) is 24.9. The lowest BCUT2D eigenvalue weighted by Crippen LogP contribution is -2.67. The summed E-state index contributed by atoms with van der Waals surface area (Å²) in [4.78, 5) is 40.9. The molecule has 456 valence electrons. The molecule has 4 heterocycles. The Morgan fingerprint density at radius 3 is 1.90 bits per heavy atom. The number of benzene rings is 1. The van der Waals surface area contributed by atoms with Crippen molar-refractivity contribution < 1.29 is 124 Å². The van der Waals surface area contributed by atoms with Crippen molar-refractivity contribution in [1.82, 2.24) is 5.32 Å². The van der Waals surface area contributed by atoms with Gasteiger partial charge in [-0.15, -0.1) is 0 Å². The third-order valence-electron chi connectivity index (χ3n) is 19.4. The van der Waals surface area contributed by atoms with E-state index in [1.165, 1.54) is 0 Å². The number of carboxylic acid groups (broad SMARTS) is 1. The van der Waals surface area contributed by atoms with Crippen LogP contribution in [-0.4, -0.2) is 244 Å². The number of rotatable bonds is 17. The van der Waals surface area contributed by atoms with E-state index in [4.69, 9.17) is 37.9 Å². The Balaban J connectivity index is 0.982. The fourth-order valence-corrected chi connectivity index (χ4v) is 15.1. The molecule has 4 aliphatic heterocycles. The van der Waals surface area contributed by atoms with Gasteiger partial charge in [0.05, 0.1) is 30.8 Å². The largest absolute Gasteiger partial charge is 0.480 e. The van der Waals surface area contributed by atoms with Crippen molar-refractivity contribution in [2.45, 2.75) is 219 Å². The molecule has 26 heteroatoms. The third kappa shape index (κ3) is 11.7. The number of carbonyl (C=O) groups excluding carboxylic acids is 2. The highest BCUT2D eigenvalue weighted by atomic mass is 16.8. The highest BCUT2D eigenvalue weighted by molar-refractivity contribution is 5.87. The first-order valence-electron chi connectivity index (χ1n) is 28.1. The van der Waals surface area contributed by atoms with Crippen molar-refractivity contribution in [3.05, 3.63) is 48.0 Å². The first-order valence-corrected chi connectivity index (χ1v) is 28.1. The number of aliphatic hydroxyl groups excluding tert-OH is 13. The lowest BCUT2D eigenvalue weighted by atomic mass is 9.46. The molecular weight excluding hydrogens is 1070 g/mol. The third-order valence-corrected chi connectivity index (χ3v) is 19.4. The van der Waals surface area contributed by atoms with Crippen molar-refractivity contribution in [2.75, 3.05) is 19.8 Å². The maximum absolute atomic E-state index is 14.9. The summed E-state index contributed by atoms with van der Waals surface area (Å²) in [5, 5.41) is 153. The molecule has 8 aliphatic rings. The number of nitrogens with one attached hydrogen (secondary N) is 1. The molecule has 1 spiro atoms. The van der Waals surface area contributed by atoms with E-state index in [0.29, 0.717) is 56.9 Å². The number of hydrogen-bond acceptors (Lipinski definition) is 24. The second-order valence-corrected chi connectivity index (χ2v) is 24.2. The molecule has 9 rings (SSSR count). The maximum Gasteiger partial charge on any atom is 0.326 e. The molecular formula is C55H81NO25. The summed E-state index contributed by atoms with van der Waals surface area (Å²) in [5.41, 5.74) is -0.834. The number of fused-ring (bicyclic) bond motifs is 3. The highest BCUT2D eigenvalue weighted by Gasteiger charge is 2.67. The topological polar surface area (TPSA) is 420 Å². The van der Waals surface area contributed by atoms with Gasteiger partial charge >= 0.3 is 11.9 Å². The van der Waals surface area contributed by atoms with Crippen LogP contribution in [0.2, 0.25) is 0 Å². The van der Waals surface area contributed by atoms with Gasteiger partial charge in [-0.1, -0.05) is 62.2 Å². The van der Waals surface area contributed by atoms with Crippen LogP contribution >= 0.6 is 0 Å². The Bertz CT molecular complexity index is 2350. The monoisotopic (exact) mass is 1160 g/mol. The van der Waals surface area contributed by atoms with E-state index in [1.54, 1.807) is 37.3 Å². The van der Waals surface area contributed by atoms with Crippen LogP contribution in [0.3, 0.4) is 0 Å². The molecule has 1 amide bonds. The van der Waals surface area contributed by atoms with Gasteiger partial charge in [0.25, 0.3) is 5.91 Å². The standard InChI is InChI=1S/C55H81NO25/c1-23-19-55-15-7-11-31-53(2,13-8-14-54(31,3)52(73)81-50-42(69)38(65)39(66)44(79-50)46(70)56-26(47(71)72)17-24-9-5-4-6-10-24)32(55)18-28(25(23)20-55)75-51-45(80-49-41(68)37(64)34(61)29(21-58)76-49)43(35(62)30(22-59)77-51)78-48-40(67)36(63)33(60)27(74-48)12-16-57/h4-6,9-10,25-45,48-51,57-69H,1,7-8,11-22H2,2-3H3,(H,56,70)(H,71,72)/t25?,26-,27-,28?,29-,30-,31+,32+,33-,34-,35-,36+,37+,38+,39+,40-,41-,42-,43?,44+,45-,48+,49+,50?,51-,53-,54-,55?/m1/s1. The van der Waals surface area contributed by atoms with Crippen LogP contribution in [0, 0.1) is 34.0 Å². The Kier molecular flexibility index (Phi) is 19.1. The summed E-state index contributed by atoms with van der Waals surface area (Å²) in [7, 11) is 0. The average Bonchev–Trinajstić information content (AvgIpc) is 3.60. The molecule has 2 bridgehead atoms. The number of carboxylic acids is 1. The zero-order valence-electron chi connectivity index (χ0n) is 45.2. The molecule has 0 radical (unpaired) electrons. The van der Waals surface area contributed by atoms with Gasteiger partial charge in [-0.2, -0.15) is 0 Å². The van der Waals surface area contributed by atoms with E-state index < -0.39 is 189 Å². The summed E-state index contributed by atoms with van der Waals surface area (Å²) >= 11 is 0. The van der Waals surface area contributed by atoms with Crippen LogP contribution in [0.5, 0.6) is 0 Å². The summed E-state index contributed by atoms with van der Waals surface area (Å²) in [6, 6.07) is 6.97. The first-order chi connectivity index (χ1) is 38.4. The van der Waals surface area contributed by atoms with Crippen molar-refractivity contribution in [3.8, 4) is 0 Å². The molecule has 5 unspecified atom stereocenters. The number of ether oxygens (including phenoxy) is 8. The van der Waals surface area contributed by atoms with Gasteiger partial charge in [-0.25, -0.2) is 4.79 Å². The molecule has 15 N–H and O–H groups in total. The molecule has 8 fully saturated rings. The van der Waals surface area contributed by atoms with Crippen LogP contribution in [-0.2, 0) is 58.7 Å². The summed E-state index contributed by atoms with van der Waals surface area (Å²) < 4.78 is 49.1. The second-order valence-electron chi connectivity index (χ2n) is 24.2. The average molecular weight is 1160 g/mol. The van der Waals surface area contributed by atoms with Crippen LogP contribution in [0.25, 0.3) is 0 Å². The SMILES string of the molecule is C=C1CC23CCC[C@H]4[C@@](C)(CCC[C@@]4(C)C(=O)OC4O[C@H](C(=O)N[C@H](Cc5ccccc5)C(=O)O)[C@@H](O)[C@H](O)[C@H]4O)[C@@H]2CC(O[C@@H]2O[C@H](CO)[C@@H](O)C(O[C@@H]4O[C@H](CCO)[C@@H](O)[C@H](O)[C@H]4O)[C@H]2O[C@@H]2O[C@H](CO)[C@@H](O)[C@H](O)[C@H]2O)C1C3. The number of carbonyl (C=O) groups is 3. The zero-order chi connectivity index (χ0) is 58.6. The van der Waals surface area contributed by atoms with Crippen LogP contribution < -0.4 is 5.32 Å². The van der Waals surface area contributed by atoms with Crippen molar-refractivity contribution >= 4 is 17.8 Å². The summed E-state index contributed by atoms with van der Waals surface area (Å²) in [6.07, 6.45) is -32.5. The minimum Gasteiger partial charge on any atom is -0.480 e. The number of aliphatic hydroxyl groups is 13. The van der Waals surface area contributed by atoms with Crippen LogP contribution in [0.1, 0.15) is 83.6 Å². The van der Waals surface area contributed by atoms with E-state index in [-0.39, 0.29) is 30.1 Å².